The molecule has 4 nitrogen and oxygen atoms in total. The van der Waals surface area contributed by atoms with Crippen molar-refractivity contribution in [2.45, 2.75) is 32.4 Å². The van der Waals surface area contributed by atoms with E-state index in [1.165, 1.54) is 44.6 Å². The monoisotopic (exact) mass is 260 g/mol. The lowest BCUT2D eigenvalue weighted by molar-refractivity contribution is 0.0994. The number of piperazine rings is 1. The molecule has 19 heavy (non-hydrogen) atoms. The van der Waals surface area contributed by atoms with Crippen molar-refractivity contribution in [3.05, 3.63) is 23.9 Å². The second-order valence-electron chi connectivity index (χ2n) is 5.65. The molecule has 0 bridgehead atoms. The molecule has 0 spiro atoms. The fourth-order valence-corrected chi connectivity index (χ4v) is 3.31. The Bertz CT molecular complexity index is 420. The van der Waals surface area contributed by atoms with Crippen molar-refractivity contribution in [3.8, 4) is 0 Å². The van der Waals surface area contributed by atoms with Gasteiger partial charge in [0.1, 0.15) is 5.82 Å². The van der Waals surface area contributed by atoms with Crippen LogP contribution in [0.2, 0.25) is 0 Å². The lowest BCUT2D eigenvalue weighted by Gasteiger charge is -2.37. The largest absolute Gasteiger partial charge is 0.370 e. The Balaban J connectivity index is 1.60. The molecular formula is C15H24N4. The second-order valence-corrected chi connectivity index (χ2v) is 5.65. The third-order valence-corrected chi connectivity index (χ3v) is 4.26. The molecule has 1 aromatic heterocycles. The molecule has 0 amide bonds. The van der Waals surface area contributed by atoms with Gasteiger partial charge in [0.15, 0.2) is 0 Å². The zero-order valence-corrected chi connectivity index (χ0v) is 11.8. The molecular weight excluding hydrogens is 236 g/mol. The van der Waals surface area contributed by atoms with Gasteiger partial charge in [-0.3, -0.25) is 9.80 Å². The van der Waals surface area contributed by atoms with E-state index in [1.54, 1.807) is 0 Å². The molecule has 2 fully saturated rings. The number of hydrogen-bond acceptors (Lipinski definition) is 4. The van der Waals surface area contributed by atoms with Crippen LogP contribution in [0.4, 0.5) is 5.82 Å². The van der Waals surface area contributed by atoms with Crippen LogP contribution >= 0.6 is 0 Å². The minimum Gasteiger partial charge on any atom is -0.370 e. The van der Waals surface area contributed by atoms with Crippen LogP contribution in [0.5, 0.6) is 0 Å². The van der Waals surface area contributed by atoms with Gasteiger partial charge in [0, 0.05) is 45.0 Å². The molecule has 3 rings (SSSR count). The fourth-order valence-electron chi connectivity index (χ4n) is 3.31. The molecule has 104 valence electrons. The van der Waals surface area contributed by atoms with Gasteiger partial charge in [0.05, 0.1) is 0 Å². The summed E-state index contributed by atoms with van der Waals surface area (Å²) in [6, 6.07) is 5.13. The van der Waals surface area contributed by atoms with E-state index >= 15 is 0 Å². The highest BCUT2D eigenvalue weighted by Crippen LogP contribution is 2.22. The van der Waals surface area contributed by atoms with Crippen LogP contribution in [0.3, 0.4) is 0 Å². The predicted octanol–water partition coefficient (Wildman–Crippen LogP) is 1.79. The predicted molar refractivity (Wildman–Crippen MR) is 78.3 cm³/mol. The van der Waals surface area contributed by atoms with Gasteiger partial charge in [-0.25, -0.2) is 4.98 Å². The van der Waals surface area contributed by atoms with Crippen molar-refractivity contribution in [2.75, 3.05) is 38.0 Å². The fraction of sp³-hybridized carbons (Fsp3) is 0.667. The minimum absolute atomic E-state index is 0.809. The normalized spacial score (nSPS) is 24.4. The maximum atomic E-state index is 4.34. The molecule has 1 aromatic rings. The van der Waals surface area contributed by atoms with Crippen molar-refractivity contribution >= 4 is 5.82 Å². The summed E-state index contributed by atoms with van der Waals surface area (Å²) < 4.78 is 0. The first-order valence-electron chi connectivity index (χ1n) is 7.50. The van der Waals surface area contributed by atoms with E-state index in [-0.39, 0.29) is 0 Å². The summed E-state index contributed by atoms with van der Waals surface area (Å²) in [4.78, 5) is 9.59. The Morgan fingerprint density at radius 3 is 3.21 bits per heavy atom. The summed E-state index contributed by atoms with van der Waals surface area (Å²) in [5, 5.41) is 3.28. The number of nitrogens with zero attached hydrogens (tertiary/aromatic N) is 3. The van der Waals surface area contributed by atoms with Crippen molar-refractivity contribution in [3.63, 3.8) is 0 Å². The average Bonchev–Trinajstić information content (AvgIpc) is 2.87. The highest BCUT2D eigenvalue weighted by Gasteiger charge is 2.30. The lowest BCUT2D eigenvalue weighted by Crippen LogP contribution is -2.49. The summed E-state index contributed by atoms with van der Waals surface area (Å²) in [7, 11) is 0. The van der Waals surface area contributed by atoms with E-state index in [0.29, 0.717) is 0 Å². The number of hydrogen-bond donors (Lipinski definition) is 1. The molecule has 2 aliphatic rings. The molecule has 0 radical (unpaired) electrons. The van der Waals surface area contributed by atoms with Crippen LogP contribution in [-0.2, 0) is 6.54 Å². The van der Waals surface area contributed by atoms with Crippen molar-refractivity contribution < 1.29 is 0 Å². The molecule has 1 unspecified atom stereocenters. The maximum absolute atomic E-state index is 4.34. The van der Waals surface area contributed by atoms with E-state index < -0.39 is 0 Å². The molecule has 0 aliphatic carbocycles. The quantitative estimate of drug-likeness (QED) is 0.894. The van der Waals surface area contributed by atoms with E-state index in [1.807, 2.05) is 6.20 Å². The minimum atomic E-state index is 0.809. The van der Waals surface area contributed by atoms with E-state index in [0.717, 1.165) is 24.9 Å². The number of aromatic nitrogens is 1. The molecule has 0 saturated carbocycles. The zero-order valence-electron chi connectivity index (χ0n) is 11.8. The van der Waals surface area contributed by atoms with Gasteiger partial charge in [0.2, 0.25) is 0 Å². The number of nitrogens with one attached hydrogen (secondary N) is 1. The van der Waals surface area contributed by atoms with Crippen molar-refractivity contribution in [2.24, 2.45) is 0 Å². The molecule has 3 heterocycles. The topological polar surface area (TPSA) is 31.4 Å². The summed E-state index contributed by atoms with van der Waals surface area (Å²) in [5.41, 5.74) is 1.37. The van der Waals surface area contributed by atoms with E-state index in [9.17, 15) is 0 Å². The van der Waals surface area contributed by atoms with Gasteiger partial charge in [-0.1, -0.05) is 0 Å². The van der Waals surface area contributed by atoms with E-state index in [4.69, 9.17) is 0 Å². The van der Waals surface area contributed by atoms with Crippen LogP contribution in [0, 0.1) is 0 Å². The van der Waals surface area contributed by atoms with Gasteiger partial charge in [-0.2, -0.15) is 0 Å². The lowest BCUT2D eigenvalue weighted by atomic mass is 10.1. The Hall–Kier alpha value is -1.13. The van der Waals surface area contributed by atoms with Gasteiger partial charge in [0.25, 0.3) is 0 Å². The van der Waals surface area contributed by atoms with Crippen LogP contribution in [0.15, 0.2) is 18.3 Å². The Labute approximate surface area is 115 Å². The number of pyridine rings is 1. The van der Waals surface area contributed by atoms with Gasteiger partial charge >= 0.3 is 0 Å². The molecule has 4 heteroatoms. The Kier molecular flexibility index (Phi) is 3.99. The molecule has 2 saturated heterocycles. The first-order chi connectivity index (χ1) is 9.35. The van der Waals surface area contributed by atoms with Gasteiger partial charge in [-0.05, 0) is 44.0 Å². The highest BCUT2D eigenvalue weighted by atomic mass is 15.3. The van der Waals surface area contributed by atoms with Crippen molar-refractivity contribution in [1.29, 1.82) is 0 Å². The molecule has 2 aliphatic heterocycles. The third-order valence-electron chi connectivity index (χ3n) is 4.26. The van der Waals surface area contributed by atoms with Crippen molar-refractivity contribution in [1.82, 2.24) is 14.8 Å². The van der Waals surface area contributed by atoms with Crippen LogP contribution in [0.25, 0.3) is 0 Å². The third kappa shape index (κ3) is 3.07. The summed E-state index contributed by atoms with van der Waals surface area (Å²) in [5.74, 6) is 1.000. The first kappa shape index (κ1) is 12.9. The van der Waals surface area contributed by atoms with Crippen LogP contribution in [-0.4, -0.2) is 53.5 Å². The molecule has 1 atom stereocenters. The highest BCUT2D eigenvalue weighted by molar-refractivity contribution is 5.37. The van der Waals surface area contributed by atoms with E-state index in [2.05, 4.69) is 39.2 Å². The summed E-state index contributed by atoms with van der Waals surface area (Å²) in [6.07, 6.45) is 4.69. The standard InChI is InChI=1S/C15H24N4/c1-2-16-15-10-13(5-6-17-15)11-18-8-9-19-7-3-4-14(19)12-18/h5-6,10,14H,2-4,7-9,11-12H2,1H3,(H,16,17). The zero-order chi connectivity index (χ0) is 13.1. The second kappa shape index (κ2) is 5.88. The Morgan fingerprint density at radius 2 is 2.32 bits per heavy atom. The average molecular weight is 260 g/mol. The van der Waals surface area contributed by atoms with Gasteiger partial charge < -0.3 is 5.32 Å². The SMILES string of the molecule is CCNc1cc(CN2CCN3CCCC3C2)ccn1. The molecule has 0 aromatic carbocycles. The van der Waals surface area contributed by atoms with Gasteiger partial charge in [-0.15, -0.1) is 0 Å². The smallest absolute Gasteiger partial charge is 0.126 e. The summed E-state index contributed by atoms with van der Waals surface area (Å²) in [6.45, 7) is 9.10. The maximum Gasteiger partial charge on any atom is 0.126 e. The van der Waals surface area contributed by atoms with Crippen LogP contribution < -0.4 is 5.32 Å². The first-order valence-corrected chi connectivity index (χ1v) is 7.50. The molecule has 1 N–H and O–H groups in total. The Morgan fingerprint density at radius 1 is 1.37 bits per heavy atom. The number of fused-ring (bicyclic) bond motifs is 1. The number of rotatable bonds is 4. The number of anilines is 1. The van der Waals surface area contributed by atoms with Crippen LogP contribution in [0.1, 0.15) is 25.3 Å². The summed E-state index contributed by atoms with van der Waals surface area (Å²) >= 11 is 0.